The zero-order valence-electron chi connectivity index (χ0n) is 16.8. The van der Waals surface area contributed by atoms with E-state index in [1.54, 1.807) is 0 Å². The Morgan fingerprint density at radius 2 is 1.72 bits per heavy atom. The van der Waals surface area contributed by atoms with Gasteiger partial charge in [0, 0.05) is 32.8 Å². The Hall–Kier alpha value is -1.18. The van der Waals surface area contributed by atoms with Gasteiger partial charge in [0.15, 0.2) is 0 Å². The molecule has 2 aliphatic heterocycles. The Morgan fingerprint density at radius 1 is 1.00 bits per heavy atom. The van der Waals surface area contributed by atoms with Crippen LogP contribution in [0.5, 0.6) is 0 Å². The van der Waals surface area contributed by atoms with Crippen molar-refractivity contribution in [1.82, 2.24) is 9.80 Å². The molecule has 4 rings (SSSR count). The van der Waals surface area contributed by atoms with Gasteiger partial charge in [0.25, 0.3) is 0 Å². The molecule has 0 aromatic heterocycles. The van der Waals surface area contributed by atoms with E-state index in [2.05, 4.69) is 9.80 Å². The molecule has 3 fully saturated rings. The highest BCUT2D eigenvalue weighted by molar-refractivity contribution is 5.27. The Kier molecular flexibility index (Phi) is 6.47. The standard InChI is InChI=1S/C22H30F4N2O/c23-21-6-5-16(11-20(21)22(24,25)26)12-28-13-17-18(14-28)19(17)15-29-10-4-9-27-7-2-1-3-8-27/h5-6,11,17-19H,1-4,7-10,12-15H2/t17-,18+,19+. The Bertz CT molecular complexity index is 678. The largest absolute Gasteiger partial charge is 0.419 e. The number of alkyl halides is 3. The van der Waals surface area contributed by atoms with Crippen LogP contribution >= 0.6 is 0 Å². The number of benzene rings is 1. The van der Waals surface area contributed by atoms with Crippen LogP contribution in [0.1, 0.15) is 36.8 Å². The van der Waals surface area contributed by atoms with Gasteiger partial charge in [-0.1, -0.05) is 12.5 Å². The van der Waals surface area contributed by atoms with Crippen molar-refractivity contribution in [2.45, 2.75) is 38.4 Å². The predicted molar refractivity (Wildman–Crippen MR) is 103 cm³/mol. The SMILES string of the molecule is Fc1ccc(CN2C[C@@H]3[C@@H](COCCCN4CCCCC4)[C@@H]3C2)cc1C(F)(F)F. The van der Waals surface area contributed by atoms with E-state index in [1.807, 2.05) is 0 Å². The van der Waals surface area contributed by atoms with E-state index in [0.29, 0.717) is 29.9 Å². The van der Waals surface area contributed by atoms with E-state index in [1.165, 1.54) is 38.4 Å². The normalized spacial score (nSPS) is 27.9. The van der Waals surface area contributed by atoms with E-state index < -0.39 is 17.6 Å². The molecule has 0 amide bonds. The van der Waals surface area contributed by atoms with Crippen molar-refractivity contribution in [1.29, 1.82) is 0 Å². The number of rotatable bonds is 8. The minimum Gasteiger partial charge on any atom is -0.381 e. The van der Waals surface area contributed by atoms with Crippen LogP contribution in [-0.4, -0.2) is 55.7 Å². The fourth-order valence-electron chi connectivity index (χ4n) is 5.05. The summed E-state index contributed by atoms with van der Waals surface area (Å²) in [4.78, 5) is 4.70. The van der Waals surface area contributed by atoms with Gasteiger partial charge in [-0.05, 0) is 67.8 Å². The molecule has 1 aliphatic carbocycles. The molecule has 3 nitrogen and oxygen atoms in total. The van der Waals surface area contributed by atoms with Gasteiger partial charge in [-0.3, -0.25) is 4.90 Å². The summed E-state index contributed by atoms with van der Waals surface area (Å²) in [7, 11) is 0. The molecule has 1 saturated carbocycles. The number of nitrogens with zero attached hydrogens (tertiary/aromatic N) is 2. The lowest BCUT2D eigenvalue weighted by atomic mass is 10.1. The van der Waals surface area contributed by atoms with E-state index >= 15 is 0 Å². The first-order chi connectivity index (χ1) is 13.9. The van der Waals surface area contributed by atoms with Gasteiger partial charge in [0.05, 0.1) is 12.2 Å². The van der Waals surface area contributed by atoms with Gasteiger partial charge in [-0.25, -0.2) is 4.39 Å². The summed E-state index contributed by atoms with van der Waals surface area (Å²) in [5, 5.41) is 0. The van der Waals surface area contributed by atoms with Crippen LogP contribution in [0.3, 0.4) is 0 Å². The van der Waals surface area contributed by atoms with E-state index in [4.69, 9.17) is 4.74 Å². The summed E-state index contributed by atoms with van der Waals surface area (Å²) in [5.74, 6) is 0.586. The summed E-state index contributed by atoms with van der Waals surface area (Å²) < 4.78 is 57.9. The maximum Gasteiger partial charge on any atom is 0.419 e. The van der Waals surface area contributed by atoms with Gasteiger partial charge < -0.3 is 9.64 Å². The van der Waals surface area contributed by atoms with Crippen LogP contribution in [0.2, 0.25) is 0 Å². The number of likely N-dealkylation sites (tertiary alicyclic amines) is 2. The molecule has 162 valence electrons. The maximum absolute atomic E-state index is 13.4. The quantitative estimate of drug-likeness (QED) is 0.463. The first-order valence-electron chi connectivity index (χ1n) is 10.8. The molecule has 2 saturated heterocycles. The number of halogens is 4. The van der Waals surface area contributed by atoms with Crippen LogP contribution in [-0.2, 0) is 17.5 Å². The van der Waals surface area contributed by atoms with Gasteiger partial charge in [0.2, 0.25) is 0 Å². The number of piperidine rings is 2. The van der Waals surface area contributed by atoms with Gasteiger partial charge >= 0.3 is 6.18 Å². The van der Waals surface area contributed by atoms with E-state index in [9.17, 15) is 17.6 Å². The van der Waals surface area contributed by atoms with Crippen molar-refractivity contribution in [2.24, 2.45) is 17.8 Å². The summed E-state index contributed by atoms with van der Waals surface area (Å²) in [5.41, 5.74) is -0.652. The highest BCUT2D eigenvalue weighted by atomic mass is 19.4. The van der Waals surface area contributed by atoms with Crippen molar-refractivity contribution in [3.63, 3.8) is 0 Å². The molecular formula is C22H30F4N2O. The zero-order valence-corrected chi connectivity index (χ0v) is 16.8. The van der Waals surface area contributed by atoms with Crippen molar-refractivity contribution in [3.05, 3.63) is 35.1 Å². The molecular weight excluding hydrogens is 384 g/mol. The van der Waals surface area contributed by atoms with Crippen molar-refractivity contribution in [2.75, 3.05) is 45.9 Å². The summed E-state index contributed by atoms with van der Waals surface area (Å²) in [6.07, 6.45) is 0.430. The first kappa shape index (κ1) is 21.1. The topological polar surface area (TPSA) is 15.7 Å². The minimum atomic E-state index is -4.65. The van der Waals surface area contributed by atoms with Gasteiger partial charge in [0.1, 0.15) is 5.82 Å². The third-order valence-electron chi connectivity index (χ3n) is 6.71. The average molecular weight is 414 g/mol. The third-order valence-corrected chi connectivity index (χ3v) is 6.71. The summed E-state index contributed by atoms with van der Waals surface area (Å²) in [6.45, 7) is 7.42. The molecule has 0 N–H and O–H groups in total. The highest BCUT2D eigenvalue weighted by Crippen LogP contribution is 2.52. The molecule has 3 atom stereocenters. The molecule has 0 bridgehead atoms. The maximum atomic E-state index is 13.4. The zero-order chi connectivity index (χ0) is 20.4. The third kappa shape index (κ3) is 5.30. The molecule has 1 aromatic carbocycles. The number of hydrogen-bond acceptors (Lipinski definition) is 3. The lowest BCUT2D eigenvalue weighted by Gasteiger charge is -2.26. The fraction of sp³-hybridized carbons (Fsp3) is 0.727. The van der Waals surface area contributed by atoms with Crippen LogP contribution in [0.15, 0.2) is 18.2 Å². The average Bonchev–Trinajstić information content (AvgIpc) is 3.14. The van der Waals surface area contributed by atoms with Crippen molar-refractivity contribution in [3.8, 4) is 0 Å². The van der Waals surface area contributed by atoms with E-state index in [0.717, 1.165) is 51.4 Å². The molecule has 1 aromatic rings. The fourth-order valence-corrected chi connectivity index (χ4v) is 5.05. The number of ether oxygens (including phenoxy) is 1. The monoisotopic (exact) mass is 414 g/mol. The molecule has 0 spiro atoms. The van der Waals surface area contributed by atoms with Gasteiger partial charge in [-0.15, -0.1) is 0 Å². The second-order valence-electron chi connectivity index (χ2n) is 8.83. The minimum absolute atomic E-state index is 0.444. The van der Waals surface area contributed by atoms with Crippen molar-refractivity contribution < 1.29 is 22.3 Å². The Balaban J connectivity index is 1.14. The summed E-state index contributed by atoms with van der Waals surface area (Å²) in [6, 6.07) is 3.33. The Morgan fingerprint density at radius 3 is 2.41 bits per heavy atom. The molecule has 2 heterocycles. The smallest absolute Gasteiger partial charge is 0.381 e. The van der Waals surface area contributed by atoms with Crippen LogP contribution < -0.4 is 0 Å². The van der Waals surface area contributed by atoms with Crippen molar-refractivity contribution >= 4 is 0 Å². The molecule has 3 aliphatic rings. The molecule has 0 unspecified atom stereocenters. The predicted octanol–water partition coefficient (Wildman–Crippen LogP) is 4.41. The number of hydrogen-bond donors (Lipinski definition) is 0. The highest BCUT2D eigenvalue weighted by Gasteiger charge is 2.55. The van der Waals surface area contributed by atoms with Crippen LogP contribution in [0, 0.1) is 23.6 Å². The first-order valence-corrected chi connectivity index (χ1v) is 10.8. The lowest BCUT2D eigenvalue weighted by Crippen LogP contribution is -2.31. The lowest BCUT2D eigenvalue weighted by molar-refractivity contribution is -0.140. The Labute approximate surface area is 170 Å². The number of fused-ring (bicyclic) bond motifs is 1. The molecule has 29 heavy (non-hydrogen) atoms. The summed E-state index contributed by atoms with van der Waals surface area (Å²) >= 11 is 0. The van der Waals surface area contributed by atoms with E-state index in [-0.39, 0.29) is 0 Å². The second kappa shape index (κ2) is 8.90. The van der Waals surface area contributed by atoms with Crippen LogP contribution in [0.4, 0.5) is 17.6 Å². The molecule has 0 radical (unpaired) electrons. The van der Waals surface area contributed by atoms with Crippen LogP contribution in [0.25, 0.3) is 0 Å². The van der Waals surface area contributed by atoms with Gasteiger partial charge in [-0.2, -0.15) is 13.2 Å². The molecule has 7 heteroatoms. The second-order valence-corrected chi connectivity index (χ2v) is 8.83.